The standard InChI is InChI=1S/C13H16N2O4/c16-12(17)7-9-1-3-10(4-2-9)15-13(18)11-8-14-5-6-19-11/h1-4,11,14H,5-8H2,(H,15,18)(H,16,17). The van der Waals surface area contributed by atoms with Crippen molar-refractivity contribution in [2.45, 2.75) is 12.5 Å². The van der Waals surface area contributed by atoms with Crippen LogP contribution in [0.3, 0.4) is 0 Å². The first-order valence-corrected chi connectivity index (χ1v) is 6.09. The fourth-order valence-corrected chi connectivity index (χ4v) is 1.84. The Bertz CT molecular complexity index is 452. The predicted molar refractivity (Wildman–Crippen MR) is 69.0 cm³/mol. The minimum atomic E-state index is -0.876. The van der Waals surface area contributed by atoms with Gasteiger partial charge in [0.05, 0.1) is 13.0 Å². The van der Waals surface area contributed by atoms with Gasteiger partial charge in [0.25, 0.3) is 5.91 Å². The third-order valence-electron chi connectivity index (χ3n) is 2.80. The molecule has 1 unspecified atom stereocenters. The molecule has 0 bridgehead atoms. The number of ether oxygens (including phenoxy) is 1. The number of carbonyl (C=O) groups excluding carboxylic acids is 1. The van der Waals surface area contributed by atoms with E-state index in [2.05, 4.69) is 10.6 Å². The average molecular weight is 264 g/mol. The summed E-state index contributed by atoms with van der Waals surface area (Å²) in [6.45, 7) is 1.78. The molecular weight excluding hydrogens is 248 g/mol. The Hall–Kier alpha value is -1.92. The third kappa shape index (κ3) is 4.04. The number of carbonyl (C=O) groups is 2. The molecule has 2 rings (SSSR count). The number of hydrogen-bond acceptors (Lipinski definition) is 4. The molecule has 1 aliphatic heterocycles. The van der Waals surface area contributed by atoms with Crippen molar-refractivity contribution in [3.8, 4) is 0 Å². The van der Waals surface area contributed by atoms with Gasteiger partial charge in [0.1, 0.15) is 6.10 Å². The van der Waals surface area contributed by atoms with E-state index in [1.54, 1.807) is 24.3 Å². The number of benzene rings is 1. The Morgan fingerprint density at radius 1 is 1.37 bits per heavy atom. The molecule has 1 amide bonds. The minimum Gasteiger partial charge on any atom is -0.481 e. The summed E-state index contributed by atoms with van der Waals surface area (Å²) < 4.78 is 5.34. The fourth-order valence-electron chi connectivity index (χ4n) is 1.84. The average Bonchev–Trinajstić information content (AvgIpc) is 2.41. The number of anilines is 1. The highest BCUT2D eigenvalue weighted by molar-refractivity contribution is 5.94. The van der Waals surface area contributed by atoms with Gasteiger partial charge in [0, 0.05) is 18.8 Å². The van der Waals surface area contributed by atoms with E-state index in [0.717, 1.165) is 6.54 Å². The Labute approximate surface area is 110 Å². The lowest BCUT2D eigenvalue weighted by atomic mass is 10.1. The SMILES string of the molecule is O=C(O)Cc1ccc(NC(=O)C2CNCCO2)cc1. The summed E-state index contributed by atoms with van der Waals surface area (Å²) in [5.41, 5.74) is 1.33. The molecule has 1 aliphatic rings. The van der Waals surface area contributed by atoms with Crippen molar-refractivity contribution < 1.29 is 19.4 Å². The highest BCUT2D eigenvalue weighted by atomic mass is 16.5. The van der Waals surface area contributed by atoms with Gasteiger partial charge in [0.2, 0.25) is 0 Å². The van der Waals surface area contributed by atoms with Crippen molar-refractivity contribution in [2.75, 3.05) is 25.0 Å². The van der Waals surface area contributed by atoms with Crippen molar-refractivity contribution in [3.63, 3.8) is 0 Å². The van der Waals surface area contributed by atoms with Gasteiger partial charge in [-0.25, -0.2) is 0 Å². The van der Waals surface area contributed by atoms with Gasteiger partial charge in [0.15, 0.2) is 0 Å². The zero-order chi connectivity index (χ0) is 13.7. The van der Waals surface area contributed by atoms with Crippen LogP contribution in [0.5, 0.6) is 0 Å². The van der Waals surface area contributed by atoms with Crippen LogP contribution in [0.25, 0.3) is 0 Å². The summed E-state index contributed by atoms with van der Waals surface area (Å²) in [5.74, 6) is -1.07. The molecule has 1 saturated heterocycles. The maximum absolute atomic E-state index is 11.9. The molecule has 0 radical (unpaired) electrons. The molecule has 1 heterocycles. The number of nitrogens with one attached hydrogen (secondary N) is 2. The summed E-state index contributed by atoms with van der Waals surface area (Å²) in [6.07, 6.45) is -0.503. The third-order valence-corrected chi connectivity index (χ3v) is 2.80. The highest BCUT2D eigenvalue weighted by Crippen LogP contribution is 2.11. The van der Waals surface area contributed by atoms with Crippen LogP contribution in [0.2, 0.25) is 0 Å². The van der Waals surface area contributed by atoms with Gasteiger partial charge < -0.3 is 20.5 Å². The first kappa shape index (κ1) is 13.5. The van der Waals surface area contributed by atoms with Gasteiger partial charge in [-0.1, -0.05) is 12.1 Å². The highest BCUT2D eigenvalue weighted by Gasteiger charge is 2.21. The van der Waals surface area contributed by atoms with E-state index in [1.165, 1.54) is 0 Å². The molecule has 6 heteroatoms. The van der Waals surface area contributed by atoms with Crippen molar-refractivity contribution in [3.05, 3.63) is 29.8 Å². The van der Waals surface area contributed by atoms with Crippen molar-refractivity contribution in [2.24, 2.45) is 0 Å². The lowest BCUT2D eigenvalue weighted by molar-refractivity contribution is -0.136. The zero-order valence-electron chi connectivity index (χ0n) is 10.4. The maximum Gasteiger partial charge on any atom is 0.307 e. The molecule has 1 atom stereocenters. The molecule has 3 N–H and O–H groups in total. The maximum atomic E-state index is 11.9. The number of hydrogen-bond donors (Lipinski definition) is 3. The molecular formula is C13H16N2O4. The number of carboxylic acids is 1. The van der Waals surface area contributed by atoms with E-state index in [1.807, 2.05) is 0 Å². The Morgan fingerprint density at radius 2 is 2.11 bits per heavy atom. The normalized spacial score (nSPS) is 18.8. The van der Waals surface area contributed by atoms with E-state index in [4.69, 9.17) is 9.84 Å². The lowest BCUT2D eigenvalue weighted by Gasteiger charge is -2.22. The van der Waals surface area contributed by atoms with Crippen LogP contribution < -0.4 is 10.6 Å². The van der Waals surface area contributed by atoms with E-state index < -0.39 is 12.1 Å². The van der Waals surface area contributed by atoms with E-state index in [9.17, 15) is 9.59 Å². The first-order chi connectivity index (χ1) is 9.15. The summed E-state index contributed by atoms with van der Waals surface area (Å²) in [6, 6.07) is 6.74. The zero-order valence-corrected chi connectivity index (χ0v) is 10.4. The minimum absolute atomic E-state index is 0.0239. The molecule has 102 valence electrons. The summed E-state index contributed by atoms with van der Waals surface area (Å²) in [5, 5.41) is 14.5. The monoisotopic (exact) mass is 264 g/mol. The number of amides is 1. The van der Waals surface area contributed by atoms with E-state index in [0.29, 0.717) is 24.4 Å². The molecule has 6 nitrogen and oxygen atoms in total. The van der Waals surface area contributed by atoms with Gasteiger partial charge in [-0.3, -0.25) is 9.59 Å². The van der Waals surface area contributed by atoms with Gasteiger partial charge >= 0.3 is 5.97 Å². The number of morpholine rings is 1. The molecule has 19 heavy (non-hydrogen) atoms. The summed E-state index contributed by atoms with van der Waals surface area (Å²) >= 11 is 0. The van der Waals surface area contributed by atoms with Crippen LogP contribution in [-0.4, -0.2) is 42.8 Å². The second kappa shape index (κ2) is 6.31. The van der Waals surface area contributed by atoms with Crippen LogP contribution in [0.1, 0.15) is 5.56 Å². The fraction of sp³-hybridized carbons (Fsp3) is 0.385. The predicted octanol–water partition coefficient (Wildman–Crippen LogP) is 0.241. The largest absolute Gasteiger partial charge is 0.481 e. The van der Waals surface area contributed by atoms with E-state index >= 15 is 0 Å². The van der Waals surface area contributed by atoms with Crippen LogP contribution in [0.15, 0.2) is 24.3 Å². The van der Waals surface area contributed by atoms with Crippen LogP contribution in [0, 0.1) is 0 Å². The number of rotatable bonds is 4. The molecule has 0 saturated carbocycles. The topological polar surface area (TPSA) is 87.7 Å². The second-order valence-electron chi connectivity index (χ2n) is 4.32. The van der Waals surface area contributed by atoms with Crippen LogP contribution in [0.4, 0.5) is 5.69 Å². The first-order valence-electron chi connectivity index (χ1n) is 6.09. The number of aliphatic carboxylic acids is 1. The van der Waals surface area contributed by atoms with Gasteiger partial charge in [-0.2, -0.15) is 0 Å². The smallest absolute Gasteiger partial charge is 0.307 e. The van der Waals surface area contributed by atoms with Crippen molar-refractivity contribution in [1.82, 2.24) is 5.32 Å². The van der Waals surface area contributed by atoms with E-state index in [-0.39, 0.29) is 12.3 Å². The molecule has 0 aromatic heterocycles. The molecule has 1 aromatic carbocycles. The van der Waals surface area contributed by atoms with Crippen LogP contribution >= 0.6 is 0 Å². The summed E-state index contributed by atoms with van der Waals surface area (Å²) in [4.78, 5) is 22.4. The number of carboxylic acid groups (broad SMARTS) is 1. The Kier molecular flexibility index (Phi) is 4.48. The molecule has 1 aromatic rings. The Morgan fingerprint density at radius 3 is 2.68 bits per heavy atom. The Balaban J connectivity index is 1.91. The quantitative estimate of drug-likeness (QED) is 0.725. The van der Waals surface area contributed by atoms with Crippen LogP contribution in [-0.2, 0) is 20.7 Å². The van der Waals surface area contributed by atoms with Gasteiger partial charge in [-0.05, 0) is 17.7 Å². The van der Waals surface area contributed by atoms with Crippen molar-refractivity contribution in [1.29, 1.82) is 0 Å². The summed E-state index contributed by atoms with van der Waals surface area (Å²) in [7, 11) is 0. The second-order valence-corrected chi connectivity index (χ2v) is 4.32. The van der Waals surface area contributed by atoms with Crippen molar-refractivity contribution >= 4 is 17.6 Å². The molecule has 0 spiro atoms. The van der Waals surface area contributed by atoms with Gasteiger partial charge in [-0.15, -0.1) is 0 Å². The molecule has 0 aliphatic carbocycles. The molecule has 1 fully saturated rings. The lowest BCUT2D eigenvalue weighted by Crippen LogP contribution is -2.45.